The highest BCUT2D eigenvalue weighted by Crippen LogP contribution is 2.26. The van der Waals surface area contributed by atoms with Gasteiger partial charge in [-0.05, 0) is 17.5 Å². The Morgan fingerprint density at radius 2 is 2.29 bits per heavy atom. The van der Waals surface area contributed by atoms with Crippen LogP contribution in [0.5, 0.6) is 0 Å². The van der Waals surface area contributed by atoms with Crippen LogP contribution < -0.4 is 0 Å². The molecule has 2 nitrogen and oxygen atoms in total. The van der Waals surface area contributed by atoms with Crippen molar-refractivity contribution in [2.75, 3.05) is 0 Å². The quantitative estimate of drug-likeness (QED) is 0.843. The van der Waals surface area contributed by atoms with Crippen LogP contribution in [0.2, 0.25) is 5.02 Å². The van der Waals surface area contributed by atoms with Gasteiger partial charge in [0.1, 0.15) is 5.82 Å². The zero-order valence-electron chi connectivity index (χ0n) is 7.63. The zero-order chi connectivity index (χ0) is 10.7. The van der Waals surface area contributed by atoms with Gasteiger partial charge in [-0.15, -0.1) is 0 Å². The summed E-state index contributed by atoms with van der Waals surface area (Å²) in [6, 6.07) is 4.60. The van der Waals surface area contributed by atoms with Crippen molar-refractivity contribution in [2.45, 2.75) is 19.3 Å². The molecule has 0 heterocycles. The summed E-state index contributed by atoms with van der Waals surface area (Å²) in [5.74, 6) is -1.84. The minimum atomic E-state index is -0.947. The molecule has 0 bridgehead atoms. The van der Waals surface area contributed by atoms with Crippen LogP contribution in [0.4, 0.5) is 4.39 Å². The number of hydrogen-bond acceptors (Lipinski definition) is 1. The Hall–Kier alpha value is -1.09. The Labute approximate surface area is 86.3 Å². The van der Waals surface area contributed by atoms with Crippen LogP contribution >= 0.6 is 11.6 Å². The summed E-state index contributed by atoms with van der Waals surface area (Å²) < 4.78 is 13.4. The van der Waals surface area contributed by atoms with Gasteiger partial charge in [-0.2, -0.15) is 0 Å². The number of carboxylic acids is 1. The smallest absolute Gasteiger partial charge is 0.303 e. The number of benzene rings is 1. The highest BCUT2D eigenvalue weighted by Gasteiger charge is 2.15. The predicted octanol–water partition coefficient (Wildman–Crippen LogP) is 3.06. The standard InChI is InChI=1S/C10H10ClFO2/c1-6(5-9(13)14)7-3-2-4-8(11)10(7)12/h2-4,6H,5H2,1H3,(H,13,14). The summed E-state index contributed by atoms with van der Waals surface area (Å²) in [6.45, 7) is 1.66. The molecule has 0 aliphatic carbocycles. The van der Waals surface area contributed by atoms with E-state index in [-0.39, 0.29) is 17.4 Å². The van der Waals surface area contributed by atoms with Crippen molar-refractivity contribution in [3.63, 3.8) is 0 Å². The van der Waals surface area contributed by atoms with Gasteiger partial charge in [0.05, 0.1) is 11.4 Å². The lowest BCUT2D eigenvalue weighted by Crippen LogP contribution is -2.04. The van der Waals surface area contributed by atoms with Crippen molar-refractivity contribution >= 4 is 17.6 Å². The summed E-state index contributed by atoms with van der Waals surface area (Å²) in [5, 5.41) is 8.58. The molecule has 0 amide bonds. The molecule has 1 rings (SSSR count). The van der Waals surface area contributed by atoms with Gasteiger partial charge in [0.2, 0.25) is 0 Å². The van der Waals surface area contributed by atoms with Crippen LogP contribution in [0.3, 0.4) is 0 Å². The van der Waals surface area contributed by atoms with Crippen molar-refractivity contribution in [1.29, 1.82) is 0 Å². The lowest BCUT2D eigenvalue weighted by Gasteiger charge is -2.10. The van der Waals surface area contributed by atoms with Crippen molar-refractivity contribution in [2.24, 2.45) is 0 Å². The molecule has 76 valence electrons. The lowest BCUT2D eigenvalue weighted by atomic mass is 9.97. The van der Waals surface area contributed by atoms with E-state index in [4.69, 9.17) is 16.7 Å². The summed E-state index contributed by atoms with van der Waals surface area (Å²) in [6.07, 6.45) is -0.0999. The zero-order valence-corrected chi connectivity index (χ0v) is 8.38. The van der Waals surface area contributed by atoms with Crippen LogP contribution in [0.15, 0.2) is 18.2 Å². The first-order valence-corrected chi connectivity index (χ1v) is 4.56. The summed E-state index contributed by atoms with van der Waals surface area (Å²) in [7, 11) is 0. The maximum absolute atomic E-state index is 13.4. The van der Waals surface area contributed by atoms with E-state index in [1.54, 1.807) is 19.1 Å². The highest BCUT2D eigenvalue weighted by atomic mass is 35.5. The van der Waals surface area contributed by atoms with E-state index >= 15 is 0 Å². The van der Waals surface area contributed by atoms with Gasteiger partial charge < -0.3 is 5.11 Å². The molecule has 1 aromatic carbocycles. The van der Waals surface area contributed by atoms with Crippen LogP contribution in [-0.2, 0) is 4.79 Å². The maximum Gasteiger partial charge on any atom is 0.303 e. The second kappa shape index (κ2) is 4.42. The Balaban J connectivity index is 2.95. The molecule has 0 saturated heterocycles. The molecule has 0 spiro atoms. The molecule has 1 unspecified atom stereocenters. The fraction of sp³-hybridized carbons (Fsp3) is 0.300. The Bertz CT molecular complexity index is 352. The lowest BCUT2D eigenvalue weighted by molar-refractivity contribution is -0.137. The first kappa shape index (κ1) is 11.0. The van der Waals surface area contributed by atoms with Crippen molar-refractivity contribution in [3.8, 4) is 0 Å². The molecule has 0 fully saturated rings. The third-order valence-corrected chi connectivity index (χ3v) is 2.29. The van der Waals surface area contributed by atoms with Gasteiger partial charge >= 0.3 is 5.97 Å². The van der Waals surface area contributed by atoms with Crippen molar-refractivity contribution < 1.29 is 14.3 Å². The number of aliphatic carboxylic acids is 1. The van der Waals surface area contributed by atoms with Gasteiger partial charge in [0.25, 0.3) is 0 Å². The van der Waals surface area contributed by atoms with E-state index in [9.17, 15) is 9.18 Å². The monoisotopic (exact) mass is 216 g/mol. The second-order valence-electron chi connectivity index (χ2n) is 3.14. The molecule has 0 saturated carbocycles. The summed E-state index contributed by atoms with van der Waals surface area (Å²) in [4.78, 5) is 10.4. The number of halogens is 2. The fourth-order valence-electron chi connectivity index (χ4n) is 1.27. The number of carboxylic acid groups (broad SMARTS) is 1. The Morgan fingerprint density at radius 1 is 1.64 bits per heavy atom. The van der Waals surface area contributed by atoms with Crippen LogP contribution in [0.1, 0.15) is 24.8 Å². The van der Waals surface area contributed by atoms with Crippen molar-refractivity contribution in [1.82, 2.24) is 0 Å². The average Bonchev–Trinajstić information content (AvgIpc) is 2.08. The van der Waals surface area contributed by atoms with Gasteiger partial charge in [-0.3, -0.25) is 4.79 Å². The van der Waals surface area contributed by atoms with E-state index in [1.807, 2.05) is 0 Å². The molecule has 0 aromatic heterocycles. The van der Waals surface area contributed by atoms with Gasteiger partial charge in [0, 0.05) is 0 Å². The molecule has 0 aliphatic heterocycles. The van der Waals surface area contributed by atoms with Crippen LogP contribution in [-0.4, -0.2) is 11.1 Å². The summed E-state index contributed by atoms with van der Waals surface area (Å²) in [5.41, 5.74) is 0.347. The number of hydrogen-bond donors (Lipinski definition) is 1. The van der Waals surface area contributed by atoms with Crippen LogP contribution in [0, 0.1) is 5.82 Å². The molecular formula is C10H10ClFO2. The number of carbonyl (C=O) groups is 1. The normalized spacial score (nSPS) is 12.5. The molecule has 0 radical (unpaired) electrons. The SMILES string of the molecule is CC(CC(=O)O)c1cccc(Cl)c1F. The Kier molecular flexibility index (Phi) is 3.47. The van der Waals surface area contributed by atoms with Gasteiger partial charge in [-0.25, -0.2) is 4.39 Å². The van der Waals surface area contributed by atoms with E-state index < -0.39 is 11.8 Å². The van der Waals surface area contributed by atoms with Crippen molar-refractivity contribution in [3.05, 3.63) is 34.6 Å². The van der Waals surface area contributed by atoms with Crippen LogP contribution in [0.25, 0.3) is 0 Å². The van der Waals surface area contributed by atoms with E-state index in [0.717, 1.165) is 0 Å². The first-order chi connectivity index (χ1) is 6.52. The van der Waals surface area contributed by atoms with E-state index in [1.165, 1.54) is 6.07 Å². The predicted molar refractivity (Wildman–Crippen MR) is 52.1 cm³/mol. The minimum absolute atomic E-state index is 0.0275. The second-order valence-corrected chi connectivity index (χ2v) is 3.55. The molecule has 4 heteroatoms. The molecule has 14 heavy (non-hydrogen) atoms. The van der Waals surface area contributed by atoms with E-state index in [2.05, 4.69) is 0 Å². The van der Waals surface area contributed by atoms with E-state index in [0.29, 0.717) is 5.56 Å². The topological polar surface area (TPSA) is 37.3 Å². The molecule has 1 atom stereocenters. The van der Waals surface area contributed by atoms with Gasteiger partial charge in [-0.1, -0.05) is 30.7 Å². The molecule has 1 N–H and O–H groups in total. The first-order valence-electron chi connectivity index (χ1n) is 4.18. The molecule has 1 aromatic rings. The molecular weight excluding hydrogens is 207 g/mol. The summed E-state index contributed by atoms with van der Waals surface area (Å²) >= 11 is 5.57. The maximum atomic E-state index is 13.4. The average molecular weight is 217 g/mol. The molecule has 0 aliphatic rings. The number of rotatable bonds is 3. The third kappa shape index (κ3) is 2.45. The highest BCUT2D eigenvalue weighted by molar-refractivity contribution is 6.30. The van der Waals surface area contributed by atoms with Gasteiger partial charge in [0.15, 0.2) is 0 Å². The minimum Gasteiger partial charge on any atom is -0.481 e. The fourth-order valence-corrected chi connectivity index (χ4v) is 1.45. The third-order valence-electron chi connectivity index (χ3n) is 1.99. The largest absolute Gasteiger partial charge is 0.481 e. The Morgan fingerprint density at radius 3 is 2.86 bits per heavy atom.